The van der Waals surface area contributed by atoms with Gasteiger partial charge >= 0.3 is 0 Å². The van der Waals surface area contributed by atoms with E-state index in [1.807, 2.05) is 18.2 Å². The molecular formula is C13H7ClN4. The number of hydrogen-bond donors (Lipinski definition) is 0. The molecule has 4 nitrogen and oxygen atoms in total. The maximum absolute atomic E-state index is 9.01. The van der Waals surface area contributed by atoms with Gasteiger partial charge in [-0.25, -0.2) is 9.50 Å². The molecule has 5 heteroatoms. The molecule has 0 aliphatic rings. The Morgan fingerprint density at radius 3 is 2.72 bits per heavy atom. The second-order valence-electron chi connectivity index (χ2n) is 3.71. The first-order valence-corrected chi connectivity index (χ1v) is 5.68. The van der Waals surface area contributed by atoms with E-state index in [0.29, 0.717) is 22.2 Å². The number of aromatic nitrogens is 3. The number of rotatable bonds is 1. The van der Waals surface area contributed by atoms with E-state index in [4.69, 9.17) is 16.9 Å². The Morgan fingerprint density at radius 1 is 1.11 bits per heavy atom. The summed E-state index contributed by atoms with van der Waals surface area (Å²) < 4.78 is 1.51. The average Bonchev–Trinajstić information content (AvgIpc) is 2.82. The third-order valence-electron chi connectivity index (χ3n) is 2.59. The zero-order valence-corrected chi connectivity index (χ0v) is 9.96. The predicted octanol–water partition coefficient (Wildman–Crippen LogP) is 2.92. The first kappa shape index (κ1) is 10.8. The van der Waals surface area contributed by atoms with Gasteiger partial charge in [0.05, 0.1) is 5.02 Å². The second-order valence-corrected chi connectivity index (χ2v) is 4.12. The highest BCUT2D eigenvalue weighted by Gasteiger charge is 2.10. The van der Waals surface area contributed by atoms with Gasteiger partial charge in [-0.2, -0.15) is 5.26 Å². The maximum Gasteiger partial charge on any atom is 0.183 e. The van der Waals surface area contributed by atoms with E-state index in [0.717, 1.165) is 5.56 Å². The van der Waals surface area contributed by atoms with Crippen LogP contribution in [-0.2, 0) is 0 Å². The third kappa shape index (κ3) is 1.62. The quantitative estimate of drug-likeness (QED) is 0.671. The van der Waals surface area contributed by atoms with Crippen LogP contribution in [0.5, 0.6) is 0 Å². The molecule has 0 spiro atoms. The van der Waals surface area contributed by atoms with Gasteiger partial charge in [-0.1, -0.05) is 29.8 Å². The van der Waals surface area contributed by atoms with E-state index >= 15 is 0 Å². The fourth-order valence-corrected chi connectivity index (χ4v) is 1.97. The summed E-state index contributed by atoms with van der Waals surface area (Å²) in [5.41, 5.74) is 1.83. The molecular weight excluding hydrogens is 248 g/mol. The van der Waals surface area contributed by atoms with E-state index in [1.54, 1.807) is 24.3 Å². The molecule has 0 radical (unpaired) electrons. The molecule has 2 heterocycles. The zero-order chi connectivity index (χ0) is 12.5. The Bertz CT molecular complexity index is 770. The summed E-state index contributed by atoms with van der Waals surface area (Å²) in [6, 6.07) is 14.7. The van der Waals surface area contributed by atoms with E-state index in [-0.39, 0.29) is 0 Å². The lowest BCUT2D eigenvalue weighted by Crippen LogP contribution is -1.93. The number of hydrogen-bond acceptors (Lipinski definition) is 3. The summed E-state index contributed by atoms with van der Waals surface area (Å²) >= 11 is 6.11. The van der Waals surface area contributed by atoms with Crippen molar-refractivity contribution in [3.05, 3.63) is 53.2 Å². The molecule has 0 atom stereocenters. The molecule has 3 aromatic rings. The Balaban J connectivity index is 2.27. The van der Waals surface area contributed by atoms with Crippen molar-refractivity contribution in [3.63, 3.8) is 0 Å². The van der Waals surface area contributed by atoms with Crippen LogP contribution >= 0.6 is 11.6 Å². The van der Waals surface area contributed by atoms with Crippen LogP contribution in [0.4, 0.5) is 0 Å². The van der Waals surface area contributed by atoms with E-state index < -0.39 is 0 Å². The molecule has 0 amide bonds. The summed E-state index contributed by atoms with van der Waals surface area (Å²) in [6.45, 7) is 0. The van der Waals surface area contributed by atoms with Crippen molar-refractivity contribution in [3.8, 4) is 17.5 Å². The number of halogens is 1. The summed E-state index contributed by atoms with van der Waals surface area (Å²) in [4.78, 5) is 4.37. The SMILES string of the molecule is N#Cc1cccc2nc(-c3ccccc3Cl)nn12. The molecule has 0 fully saturated rings. The van der Waals surface area contributed by atoms with Crippen molar-refractivity contribution in [1.82, 2.24) is 14.6 Å². The number of pyridine rings is 1. The first-order chi connectivity index (χ1) is 8.79. The Morgan fingerprint density at radius 2 is 1.94 bits per heavy atom. The average molecular weight is 255 g/mol. The molecule has 86 valence electrons. The molecule has 0 bridgehead atoms. The standard InChI is InChI=1S/C13H7ClN4/c14-11-6-2-1-5-10(11)13-16-12-7-3-4-9(8-15)18(12)17-13/h1-7H. The lowest BCUT2D eigenvalue weighted by atomic mass is 10.2. The van der Waals surface area contributed by atoms with Crippen LogP contribution in [0.2, 0.25) is 5.02 Å². The van der Waals surface area contributed by atoms with Crippen LogP contribution in [0.15, 0.2) is 42.5 Å². The summed E-state index contributed by atoms with van der Waals surface area (Å²) in [5, 5.41) is 13.9. The number of fused-ring (bicyclic) bond motifs is 1. The molecule has 0 aliphatic carbocycles. The van der Waals surface area contributed by atoms with Crippen LogP contribution in [0.25, 0.3) is 17.0 Å². The summed E-state index contributed by atoms with van der Waals surface area (Å²) in [6.07, 6.45) is 0. The van der Waals surface area contributed by atoms with Crippen LogP contribution in [0, 0.1) is 11.3 Å². The van der Waals surface area contributed by atoms with Gasteiger partial charge < -0.3 is 0 Å². The zero-order valence-electron chi connectivity index (χ0n) is 9.21. The molecule has 0 unspecified atom stereocenters. The van der Waals surface area contributed by atoms with Crippen LogP contribution < -0.4 is 0 Å². The smallest absolute Gasteiger partial charge is 0.183 e. The minimum absolute atomic E-state index is 0.443. The minimum Gasteiger partial charge on any atom is -0.207 e. The first-order valence-electron chi connectivity index (χ1n) is 5.30. The Hall–Kier alpha value is -2.38. The topological polar surface area (TPSA) is 54.0 Å². The normalized spacial score (nSPS) is 10.4. The van der Waals surface area contributed by atoms with Gasteiger partial charge in [-0.05, 0) is 24.3 Å². The maximum atomic E-state index is 9.01. The number of nitriles is 1. The van der Waals surface area contributed by atoms with Crippen LogP contribution in [-0.4, -0.2) is 14.6 Å². The van der Waals surface area contributed by atoms with Crippen molar-refractivity contribution in [2.45, 2.75) is 0 Å². The molecule has 2 aromatic heterocycles. The second kappa shape index (κ2) is 4.13. The Labute approximate surface area is 108 Å². The minimum atomic E-state index is 0.443. The number of benzene rings is 1. The molecule has 18 heavy (non-hydrogen) atoms. The highest BCUT2D eigenvalue weighted by molar-refractivity contribution is 6.33. The highest BCUT2D eigenvalue weighted by atomic mass is 35.5. The molecule has 0 aliphatic heterocycles. The number of nitrogens with zero attached hydrogens (tertiary/aromatic N) is 4. The van der Waals surface area contributed by atoms with Gasteiger partial charge in [0.25, 0.3) is 0 Å². The van der Waals surface area contributed by atoms with Gasteiger partial charge in [0.2, 0.25) is 0 Å². The molecule has 0 saturated carbocycles. The van der Waals surface area contributed by atoms with Crippen molar-refractivity contribution >= 4 is 17.2 Å². The van der Waals surface area contributed by atoms with Gasteiger partial charge in [0.15, 0.2) is 11.5 Å². The van der Waals surface area contributed by atoms with Crippen LogP contribution in [0.3, 0.4) is 0 Å². The lowest BCUT2D eigenvalue weighted by Gasteiger charge is -1.96. The van der Waals surface area contributed by atoms with Gasteiger partial charge in [0.1, 0.15) is 11.8 Å². The third-order valence-corrected chi connectivity index (χ3v) is 2.92. The van der Waals surface area contributed by atoms with E-state index in [2.05, 4.69) is 16.2 Å². The molecule has 0 N–H and O–H groups in total. The van der Waals surface area contributed by atoms with Gasteiger partial charge in [-0.3, -0.25) is 0 Å². The highest BCUT2D eigenvalue weighted by Crippen LogP contribution is 2.25. The lowest BCUT2D eigenvalue weighted by molar-refractivity contribution is 0.945. The van der Waals surface area contributed by atoms with Crippen molar-refractivity contribution in [1.29, 1.82) is 5.26 Å². The molecule has 1 aromatic carbocycles. The molecule has 3 rings (SSSR count). The predicted molar refractivity (Wildman–Crippen MR) is 68.1 cm³/mol. The fraction of sp³-hybridized carbons (Fsp3) is 0. The summed E-state index contributed by atoms with van der Waals surface area (Å²) in [5.74, 6) is 0.517. The summed E-state index contributed by atoms with van der Waals surface area (Å²) in [7, 11) is 0. The van der Waals surface area contributed by atoms with E-state index in [1.165, 1.54) is 4.52 Å². The van der Waals surface area contributed by atoms with Gasteiger partial charge in [0, 0.05) is 5.56 Å². The van der Waals surface area contributed by atoms with Crippen molar-refractivity contribution < 1.29 is 0 Å². The van der Waals surface area contributed by atoms with Crippen molar-refractivity contribution in [2.24, 2.45) is 0 Å². The van der Waals surface area contributed by atoms with Crippen molar-refractivity contribution in [2.75, 3.05) is 0 Å². The fourth-order valence-electron chi connectivity index (χ4n) is 1.75. The molecule has 0 saturated heterocycles. The van der Waals surface area contributed by atoms with Gasteiger partial charge in [-0.15, -0.1) is 5.10 Å². The monoisotopic (exact) mass is 254 g/mol. The van der Waals surface area contributed by atoms with Crippen LogP contribution in [0.1, 0.15) is 5.69 Å². The largest absolute Gasteiger partial charge is 0.207 e. The Kier molecular flexibility index (Phi) is 2.47. The van der Waals surface area contributed by atoms with E-state index in [9.17, 15) is 0 Å².